The molecular weight excluding hydrogens is 311 g/mol. The standard InChI is InChI=1S/C16H12F3NOS/c1-9-3-8-13(22-9)15-14(20-10(2)21-15)11-4-6-12(7-5-11)16(17,18)19/h3-8H,1-2H3. The number of halogens is 3. The van der Waals surface area contributed by atoms with E-state index in [9.17, 15) is 13.2 Å². The Bertz CT molecular complexity index is 800. The van der Waals surface area contributed by atoms with E-state index in [1.165, 1.54) is 12.1 Å². The van der Waals surface area contributed by atoms with Gasteiger partial charge in [-0.2, -0.15) is 13.2 Å². The summed E-state index contributed by atoms with van der Waals surface area (Å²) in [5.41, 5.74) is 0.490. The molecule has 0 bridgehead atoms. The first-order chi connectivity index (χ1) is 10.3. The number of rotatable bonds is 2. The molecule has 2 heterocycles. The van der Waals surface area contributed by atoms with Crippen LogP contribution in [0, 0.1) is 13.8 Å². The van der Waals surface area contributed by atoms with Crippen LogP contribution in [0.2, 0.25) is 0 Å². The van der Waals surface area contributed by atoms with E-state index in [4.69, 9.17) is 4.42 Å². The fourth-order valence-corrected chi connectivity index (χ4v) is 3.01. The lowest BCUT2D eigenvalue weighted by molar-refractivity contribution is -0.137. The van der Waals surface area contributed by atoms with Crippen molar-refractivity contribution in [3.8, 4) is 21.9 Å². The molecule has 3 aromatic rings. The third kappa shape index (κ3) is 2.78. The number of aryl methyl sites for hydroxylation is 2. The van der Waals surface area contributed by atoms with Gasteiger partial charge < -0.3 is 4.42 Å². The zero-order valence-corrected chi connectivity index (χ0v) is 12.7. The molecule has 0 fully saturated rings. The predicted octanol–water partition coefficient (Wildman–Crippen LogP) is 5.71. The number of nitrogens with zero attached hydrogens (tertiary/aromatic N) is 1. The van der Waals surface area contributed by atoms with Crippen molar-refractivity contribution in [3.63, 3.8) is 0 Å². The van der Waals surface area contributed by atoms with Crippen LogP contribution in [0.25, 0.3) is 21.9 Å². The molecule has 0 saturated heterocycles. The van der Waals surface area contributed by atoms with Crippen molar-refractivity contribution in [2.75, 3.05) is 0 Å². The van der Waals surface area contributed by atoms with E-state index >= 15 is 0 Å². The molecule has 0 aliphatic rings. The van der Waals surface area contributed by atoms with E-state index in [0.717, 1.165) is 21.9 Å². The molecule has 2 nitrogen and oxygen atoms in total. The van der Waals surface area contributed by atoms with Gasteiger partial charge in [-0.15, -0.1) is 11.3 Å². The van der Waals surface area contributed by atoms with Gasteiger partial charge >= 0.3 is 6.18 Å². The van der Waals surface area contributed by atoms with Crippen LogP contribution in [0.1, 0.15) is 16.3 Å². The van der Waals surface area contributed by atoms with Crippen molar-refractivity contribution in [1.29, 1.82) is 0 Å². The largest absolute Gasteiger partial charge is 0.439 e. The highest BCUT2D eigenvalue weighted by Crippen LogP contribution is 2.37. The van der Waals surface area contributed by atoms with Gasteiger partial charge in [-0.25, -0.2) is 4.98 Å². The van der Waals surface area contributed by atoms with Gasteiger partial charge in [-0.3, -0.25) is 0 Å². The molecule has 3 rings (SSSR count). The molecule has 2 aromatic heterocycles. The zero-order chi connectivity index (χ0) is 15.9. The minimum atomic E-state index is -4.34. The van der Waals surface area contributed by atoms with Gasteiger partial charge in [0.2, 0.25) is 0 Å². The number of benzene rings is 1. The van der Waals surface area contributed by atoms with E-state index in [1.807, 2.05) is 19.1 Å². The first-order valence-electron chi connectivity index (χ1n) is 6.56. The minimum Gasteiger partial charge on any atom is -0.439 e. The summed E-state index contributed by atoms with van der Waals surface area (Å²) in [5.74, 6) is 1.08. The molecule has 6 heteroatoms. The molecule has 0 radical (unpaired) electrons. The average Bonchev–Trinajstić information content (AvgIpc) is 3.04. The second-order valence-corrected chi connectivity index (χ2v) is 6.18. The number of hydrogen-bond acceptors (Lipinski definition) is 3. The molecule has 22 heavy (non-hydrogen) atoms. The second kappa shape index (κ2) is 5.28. The lowest BCUT2D eigenvalue weighted by Gasteiger charge is -2.07. The van der Waals surface area contributed by atoms with Crippen molar-refractivity contribution < 1.29 is 17.6 Å². The van der Waals surface area contributed by atoms with E-state index < -0.39 is 11.7 Å². The highest BCUT2D eigenvalue weighted by Gasteiger charge is 2.30. The molecular formula is C16H12F3NOS. The quantitative estimate of drug-likeness (QED) is 0.604. The third-order valence-electron chi connectivity index (χ3n) is 3.18. The first-order valence-corrected chi connectivity index (χ1v) is 7.38. The van der Waals surface area contributed by atoms with Crippen LogP contribution in [0.15, 0.2) is 40.8 Å². The SMILES string of the molecule is Cc1nc(-c2ccc(C(F)(F)F)cc2)c(-c2ccc(C)s2)o1. The first kappa shape index (κ1) is 14.8. The Kier molecular flexibility index (Phi) is 3.56. The highest BCUT2D eigenvalue weighted by molar-refractivity contribution is 7.15. The van der Waals surface area contributed by atoms with Crippen LogP contribution in [0.5, 0.6) is 0 Å². The van der Waals surface area contributed by atoms with Crippen LogP contribution in [0.4, 0.5) is 13.2 Å². The van der Waals surface area contributed by atoms with Crippen LogP contribution >= 0.6 is 11.3 Å². The molecule has 0 atom stereocenters. The summed E-state index contributed by atoms with van der Waals surface area (Å²) < 4.78 is 43.6. The topological polar surface area (TPSA) is 26.0 Å². The van der Waals surface area contributed by atoms with Crippen molar-refractivity contribution in [2.24, 2.45) is 0 Å². The maximum atomic E-state index is 12.6. The number of aromatic nitrogens is 1. The Balaban J connectivity index is 2.05. The normalized spacial score (nSPS) is 11.9. The third-order valence-corrected chi connectivity index (χ3v) is 4.18. The molecule has 0 saturated carbocycles. The molecule has 1 aromatic carbocycles. The van der Waals surface area contributed by atoms with E-state index in [-0.39, 0.29) is 0 Å². The Morgan fingerprint density at radius 1 is 1.00 bits per heavy atom. The molecule has 0 amide bonds. The summed E-state index contributed by atoms with van der Waals surface area (Å²) in [7, 11) is 0. The monoisotopic (exact) mass is 323 g/mol. The van der Waals surface area contributed by atoms with E-state index in [0.29, 0.717) is 22.9 Å². The second-order valence-electron chi connectivity index (χ2n) is 4.90. The Labute approximate surface area is 129 Å². The lowest BCUT2D eigenvalue weighted by Crippen LogP contribution is -2.04. The molecule has 0 aliphatic heterocycles. The average molecular weight is 323 g/mol. The number of oxazole rings is 1. The maximum absolute atomic E-state index is 12.6. The molecule has 0 N–H and O–H groups in total. The minimum absolute atomic E-state index is 0.482. The van der Waals surface area contributed by atoms with Crippen molar-refractivity contribution in [1.82, 2.24) is 4.98 Å². The molecule has 114 valence electrons. The summed E-state index contributed by atoms with van der Waals surface area (Å²) >= 11 is 1.56. The summed E-state index contributed by atoms with van der Waals surface area (Å²) in [4.78, 5) is 6.35. The Morgan fingerprint density at radius 2 is 1.68 bits per heavy atom. The number of thiophene rings is 1. The van der Waals surface area contributed by atoms with Gasteiger partial charge in [0.15, 0.2) is 11.7 Å². The van der Waals surface area contributed by atoms with Crippen LogP contribution in [-0.2, 0) is 6.18 Å². The summed E-state index contributed by atoms with van der Waals surface area (Å²) in [6.45, 7) is 3.70. The number of hydrogen-bond donors (Lipinski definition) is 0. The van der Waals surface area contributed by atoms with Crippen LogP contribution < -0.4 is 0 Å². The van der Waals surface area contributed by atoms with Gasteiger partial charge in [0.1, 0.15) is 5.69 Å². The van der Waals surface area contributed by atoms with Crippen molar-refractivity contribution in [3.05, 3.63) is 52.7 Å². The van der Waals surface area contributed by atoms with Gasteiger partial charge in [0.25, 0.3) is 0 Å². The van der Waals surface area contributed by atoms with E-state index in [1.54, 1.807) is 18.3 Å². The predicted molar refractivity (Wildman–Crippen MR) is 79.7 cm³/mol. The Morgan fingerprint density at radius 3 is 2.23 bits per heavy atom. The Hall–Kier alpha value is -2.08. The molecule has 0 spiro atoms. The van der Waals surface area contributed by atoms with Gasteiger partial charge in [-0.05, 0) is 31.2 Å². The fraction of sp³-hybridized carbons (Fsp3) is 0.188. The van der Waals surface area contributed by atoms with Gasteiger partial charge in [0, 0.05) is 17.4 Å². The van der Waals surface area contributed by atoms with Crippen molar-refractivity contribution in [2.45, 2.75) is 20.0 Å². The van der Waals surface area contributed by atoms with Crippen molar-refractivity contribution >= 4 is 11.3 Å². The zero-order valence-electron chi connectivity index (χ0n) is 11.9. The molecule has 0 aliphatic carbocycles. The summed E-state index contributed by atoms with van der Waals surface area (Å²) in [6, 6.07) is 8.85. The maximum Gasteiger partial charge on any atom is 0.416 e. The smallest absolute Gasteiger partial charge is 0.416 e. The lowest BCUT2D eigenvalue weighted by atomic mass is 10.1. The summed E-state index contributed by atoms with van der Waals surface area (Å²) in [6.07, 6.45) is -4.34. The summed E-state index contributed by atoms with van der Waals surface area (Å²) in [5, 5.41) is 0. The highest BCUT2D eigenvalue weighted by atomic mass is 32.1. The fourth-order valence-electron chi connectivity index (χ4n) is 2.16. The molecule has 0 unspecified atom stereocenters. The van der Waals surface area contributed by atoms with Crippen LogP contribution in [0.3, 0.4) is 0 Å². The number of alkyl halides is 3. The van der Waals surface area contributed by atoms with Gasteiger partial charge in [-0.1, -0.05) is 12.1 Å². The van der Waals surface area contributed by atoms with E-state index in [2.05, 4.69) is 4.98 Å². The van der Waals surface area contributed by atoms with Crippen LogP contribution in [-0.4, -0.2) is 4.98 Å². The van der Waals surface area contributed by atoms with Gasteiger partial charge in [0.05, 0.1) is 10.4 Å².